The molecule has 1 aromatic carbocycles. The van der Waals surface area contributed by atoms with E-state index in [1.54, 1.807) is 12.4 Å². The molecular formula is C26H32N4O2. The lowest BCUT2D eigenvalue weighted by Crippen LogP contribution is -2.49. The maximum absolute atomic E-state index is 11.2. The average Bonchev–Trinajstić information content (AvgIpc) is 3.21. The van der Waals surface area contributed by atoms with Crippen molar-refractivity contribution < 1.29 is 10.2 Å². The maximum Gasteiger partial charge on any atom is 0.112 e. The number of aliphatic hydroxyl groups is 2. The molecule has 1 aliphatic heterocycles. The number of aromatic nitrogens is 2. The summed E-state index contributed by atoms with van der Waals surface area (Å²) in [6, 6.07) is 16.4. The van der Waals surface area contributed by atoms with E-state index in [1.807, 2.05) is 18.2 Å². The molecular weight excluding hydrogens is 400 g/mol. The van der Waals surface area contributed by atoms with E-state index in [0.717, 1.165) is 48.9 Å². The van der Waals surface area contributed by atoms with Gasteiger partial charge in [-0.2, -0.15) is 0 Å². The zero-order valence-electron chi connectivity index (χ0n) is 18.5. The SMILES string of the molecule is OC1(CNC[C@@]2(O)CCN(c3ccnc4cccnc34)C2)CCC(c2ccccc2)CC1. The number of hydrogen-bond acceptors (Lipinski definition) is 6. The quantitative estimate of drug-likeness (QED) is 0.555. The van der Waals surface area contributed by atoms with E-state index in [1.165, 1.54) is 5.56 Å². The van der Waals surface area contributed by atoms with Gasteiger partial charge < -0.3 is 20.4 Å². The van der Waals surface area contributed by atoms with Crippen LogP contribution in [0.15, 0.2) is 60.9 Å². The first-order chi connectivity index (χ1) is 15.5. The van der Waals surface area contributed by atoms with Crippen molar-refractivity contribution in [2.24, 2.45) is 0 Å². The number of nitrogens with one attached hydrogen (secondary N) is 1. The molecule has 0 bridgehead atoms. The minimum absolute atomic E-state index is 0.477. The van der Waals surface area contributed by atoms with Gasteiger partial charge in [0.05, 0.1) is 22.4 Å². The molecule has 0 amide bonds. The molecule has 1 saturated heterocycles. The van der Waals surface area contributed by atoms with Crippen LogP contribution >= 0.6 is 0 Å². The van der Waals surface area contributed by atoms with Crippen LogP contribution < -0.4 is 10.2 Å². The lowest BCUT2D eigenvalue weighted by atomic mass is 9.76. The van der Waals surface area contributed by atoms with Crippen molar-refractivity contribution in [3.63, 3.8) is 0 Å². The van der Waals surface area contributed by atoms with Gasteiger partial charge in [0.15, 0.2) is 0 Å². The Bertz CT molecular complexity index is 1050. The normalized spacial score (nSPS) is 28.3. The minimum Gasteiger partial charge on any atom is -0.389 e. The first kappa shape index (κ1) is 21.3. The first-order valence-electron chi connectivity index (χ1n) is 11.7. The van der Waals surface area contributed by atoms with Crippen LogP contribution in [0, 0.1) is 0 Å². The Kier molecular flexibility index (Phi) is 5.84. The van der Waals surface area contributed by atoms with Gasteiger partial charge in [-0.3, -0.25) is 9.97 Å². The number of fused-ring (bicyclic) bond motifs is 1. The second kappa shape index (κ2) is 8.77. The van der Waals surface area contributed by atoms with E-state index in [9.17, 15) is 10.2 Å². The van der Waals surface area contributed by atoms with Crippen molar-refractivity contribution in [1.29, 1.82) is 0 Å². The number of nitrogens with zero attached hydrogens (tertiary/aromatic N) is 3. The topological polar surface area (TPSA) is 81.5 Å². The van der Waals surface area contributed by atoms with Gasteiger partial charge in [0.25, 0.3) is 0 Å². The van der Waals surface area contributed by atoms with Crippen molar-refractivity contribution in [2.75, 3.05) is 31.1 Å². The van der Waals surface area contributed by atoms with Crippen molar-refractivity contribution >= 4 is 16.7 Å². The Morgan fingerprint density at radius 1 is 0.875 bits per heavy atom. The molecule has 0 radical (unpaired) electrons. The molecule has 5 rings (SSSR count). The highest BCUT2D eigenvalue weighted by Crippen LogP contribution is 2.38. The predicted octanol–water partition coefficient (Wildman–Crippen LogP) is 3.25. The number of pyridine rings is 2. The molecule has 1 aliphatic carbocycles. The molecule has 2 fully saturated rings. The summed E-state index contributed by atoms with van der Waals surface area (Å²) >= 11 is 0. The zero-order chi connectivity index (χ0) is 22.0. The summed E-state index contributed by atoms with van der Waals surface area (Å²) in [6.07, 6.45) is 7.86. The largest absolute Gasteiger partial charge is 0.389 e. The maximum atomic E-state index is 11.2. The number of anilines is 1. The van der Waals surface area contributed by atoms with Crippen LogP contribution in [-0.4, -0.2) is 57.6 Å². The van der Waals surface area contributed by atoms with Crippen molar-refractivity contribution in [1.82, 2.24) is 15.3 Å². The van der Waals surface area contributed by atoms with Crippen LogP contribution in [-0.2, 0) is 0 Å². The second-order valence-corrected chi connectivity index (χ2v) is 9.61. The lowest BCUT2D eigenvalue weighted by Gasteiger charge is -2.37. The fourth-order valence-corrected chi connectivity index (χ4v) is 5.35. The minimum atomic E-state index is -0.817. The molecule has 1 saturated carbocycles. The Morgan fingerprint density at radius 3 is 2.47 bits per heavy atom. The molecule has 1 atom stereocenters. The van der Waals surface area contributed by atoms with Gasteiger partial charge in [-0.05, 0) is 61.8 Å². The summed E-state index contributed by atoms with van der Waals surface area (Å²) in [4.78, 5) is 11.1. The van der Waals surface area contributed by atoms with E-state index in [-0.39, 0.29) is 0 Å². The van der Waals surface area contributed by atoms with Crippen molar-refractivity contribution in [2.45, 2.75) is 49.2 Å². The highest BCUT2D eigenvalue weighted by atomic mass is 16.3. The standard InChI is InChI=1S/C26H32N4O2/c31-25(11-8-21(9-12-25)20-5-2-1-3-6-20)17-27-18-26(32)13-16-30(19-26)23-10-15-28-22-7-4-14-29-24(22)23/h1-7,10,14-15,21,27,31-32H,8-9,11-13,16-19H2/t21?,25?,26-/m0/s1. The fraction of sp³-hybridized carbons (Fsp3) is 0.462. The Morgan fingerprint density at radius 2 is 1.66 bits per heavy atom. The van der Waals surface area contributed by atoms with E-state index in [4.69, 9.17) is 0 Å². The summed E-state index contributed by atoms with van der Waals surface area (Å²) in [5, 5.41) is 25.6. The summed E-state index contributed by atoms with van der Waals surface area (Å²) in [7, 11) is 0. The van der Waals surface area contributed by atoms with E-state index >= 15 is 0 Å². The zero-order valence-corrected chi connectivity index (χ0v) is 18.5. The molecule has 3 heterocycles. The molecule has 168 valence electrons. The summed E-state index contributed by atoms with van der Waals surface area (Å²) in [6.45, 7) is 2.32. The molecule has 3 N–H and O–H groups in total. The third-order valence-corrected chi connectivity index (χ3v) is 7.24. The van der Waals surface area contributed by atoms with Crippen LogP contribution in [0.2, 0.25) is 0 Å². The first-order valence-corrected chi connectivity index (χ1v) is 11.7. The molecule has 32 heavy (non-hydrogen) atoms. The van der Waals surface area contributed by atoms with Gasteiger partial charge in [0, 0.05) is 38.6 Å². The lowest BCUT2D eigenvalue weighted by molar-refractivity contribution is -0.00750. The Hall–Kier alpha value is -2.54. The van der Waals surface area contributed by atoms with Gasteiger partial charge in [0.2, 0.25) is 0 Å². The molecule has 0 unspecified atom stereocenters. The molecule has 0 spiro atoms. The smallest absolute Gasteiger partial charge is 0.112 e. The van der Waals surface area contributed by atoms with E-state index < -0.39 is 11.2 Å². The number of hydrogen-bond donors (Lipinski definition) is 3. The molecule has 2 aromatic heterocycles. The van der Waals surface area contributed by atoms with Gasteiger partial charge >= 0.3 is 0 Å². The third kappa shape index (κ3) is 4.49. The Balaban J connectivity index is 1.15. The van der Waals surface area contributed by atoms with Crippen LogP contribution in [0.5, 0.6) is 0 Å². The molecule has 3 aromatic rings. The average molecular weight is 433 g/mol. The van der Waals surface area contributed by atoms with Crippen molar-refractivity contribution in [3.8, 4) is 0 Å². The summed E-state index contributed by atoms with van der Waals surface area (Å²) in [5.41, 5.74) is 2.63. The molecule has 6 nitrogen and oxygen atoms in total. The highest BCUT2D eigenvalue weighted by molar-refractivity contribution is 5.87. The fourth-order valence-electron chi connectivity index (χ4n) is 5.35. The van der Waals surface area contributed by atoms with E-state index in [0.29, 0.717) is 32.0 Å². The van der Waals surface area contributed by atoms with Crippen LogP contribution in [0.1, 0.15) is 43.6 Å². The summed E-state index contributed by atoms with van der Waals surface area (Å²) in [5.74, 6) is 0.535. The van der Waals surface area contributed by atoms with Gasteiger partial charge in [0.1, 0.15) is 5.52 Å². The molecule has 2 aliphatic rings. The number of benzene rings is 1. The van der Waals surface area contributed by atoms with Crippen LogP contribution in [0.25, 0.3) is 11.0 Å². The number of rotatable bonds is 6. The Labute approximate surface area is 189 Å². The number of β-amino-alcohol motifs (C(OH)–C–C–N with tert-alkyl or cyclic N) is 1. The van der Waals surface area contributed by atoms with Crippen LogP contribution in [0.3, 0.4) is 0 Å². The van der Waals surface area contributed by atoms with Crippen LogP contribution in [0.4, 0.5) is 5.69 Å². The predicted molar refractivity (Wildman–Crippen MR) is 127 cm³/mol. The highest BCUT2D eigenvalue weighted by Gasteiger charge is 2.38. The van der Waals surface area contributed by atoms with Gasteiger partial charge in [-0.25, -0.2) is 0 Å². The van der Waals surface area contributed by atoms with E-state index in [2.05, 4.69) is 50.5 Å². The summed E-state index contributed by atoms with van der Waals surface area (Å²) < 4.78 is 0. The van der Waals surface area contributed by atoms with Crippen molar-refractivity contribution in [3.05, 3.63) is 66.5 Å². The monoisotopic (exact) mass is 432 g/mol. The second-order valence-electron chi connectivity index (χ2n) is 9.61. The van der Waals surface area contributed by atoms with Gasteiger partial charge in [-0.15, -0.1) is 0 Å². The molecule has 6 heteroatoms. The van der Waals surface area contributed by atoms with Gasteiger partial charge in [-0.1, -0.05) is 30.3 Å². The third-order valence-electron chi connectivity index (χ3n) is 7.24.